The van der Waals surface area contributed by atoms with Crippen LogP contribution in [0.2, 0.25) is 0 Å². The van der Waals surface area contributed by atoms with Gasteiger partial charge >= 0.3 is 0 Å². The number of rotatable bonds is 3. The fourth-order valence-corrected chi connectivity index (χ4v) is 1.64. The van der Waals surface area contributed by atoms with E-state index in [0.717, 1.165) is 0 Å². The molecule has 1 rings (SSSR count). The summed E-state index contributed by atoms with van der Waals surface area (Å²) in [6, 6.07) is 0. The monoisotopic (exact) mass is 215 g/mol. The van der Waals surface area contributed by atoms with Crippen molar-refractivity contribution in [1.82, 2.24) is 9.80 Å². The Morgan fingerprint density at radius 3 is 2.80 bits per heavy atom. The van der Waals surface area contributed by atoms with Crippen molar-refractivity contribution in [2.24, 2.45) is 5.73 Å². The number of ether oxygens (including phenoxy) is 1. The van der Waals surface area contributed by atoms with E-state index in [2.05, 4.69) is 0 Å². The lowest BCUT2D eigenvalue weighted by molar-refractivity contribution is -0.147. The molecule has 0 spiro atoms. The maximum atomic E-state index is 11.8. The summed E-state index contributed by atoms with van der Waals surface area (Å²) in [6.45, 7) is 4.67. The van der Waals surface area contributed by atoms with Crippen LogP contribution in [0.3, 0.4) is 0 Å². The van der Waals surface area contributed by atoms with Gasteiger partial charge in [-0.15, -0.1) is 0 Å². The lowest BCUT2D eigenvalue weighted by Gasteiger charge is -2.40. The van der Waals surface area contributed by atoms with E-state index in [-0.39, 0.29) is 11.5 Å². The molecule has 15 heavy (non-hydrogen) atoms. The second-order valence-electron chi connectivity index (χ2n) is 4.56. The quantitative estimate of drug-likeness (QED) is 0.664. The van der Waals surface area contributed by atoms with Crippen LogP contribution in [0.15, 0.2) is 0 Å². The molecular formula is C10H21N3O2. The Kier molecular flexibility index (Phi) is 4.07. The predicted molar refractivity (Wildman–Crippen MR) is 58.5 cm³/mol. The number of hydrogen-bond donors (Lipinski definition) is 1. The van der Waals surface area contributed by atoms with Crippen molar-refractivity contribution >= 4 is 5.91 Å². The Bertz CT molecular complexity index is 233. The molecule has 5 nitrogen and oxygen atoms in total. The molecule has 1 aliphatic heterocycles. The van der Waals surface area contributed by atoms with Crippen molar-refractivity contribution in [2.45, 2.75) is 12.5 Å². The zero-order valence-electron chi connectivity index (χ0n) is 9.82. The van der Waals surface area contributed by atoms with E-state index < -0.39 is 0 Å². The molecule has 0 bridgehead atoms. The number of morpholine rings is 1. The Labute approximate surface area is 91.2 Å². The minimum atomic E-state index is -0.375. The molecule has 0 aromatic heterocycles. The van der Waals surface area contributed by atoms with Crippen LogP contribution in [-0.2, 0) is 9.53 Å². The zero-order valence-corrected chi connectivity index (χ0v) is 9.82. The van der Waals surface area contributed by atoms with Crippen molar-refractivity contribution in [3.05, 3.63) is 0 Å². The lowest BCUT2D eigenvalue weighted by Crippen LogP contribution is -2.56. The molecule has 0 radical (unpaired) electrons. The molecular weight excluding hydrogens is 194 g/mol. The van der Waals surface area contributed by atoms with E-state index in [4.69, 9.17) is 10.5 Å². The average molecular weight is 215 g/mol. The van der Waals surface area contributed by atoms with E-state index >= 15 is 0 Å². The molecule has 1 atom stereocenters. The summed E-state index contributed by atoms with van der Waals surface area (Å²) in [7, 11) is 3.78. The maximum Gasteiger partial charge on any atom is 0.236 e. The van der Waals surface area contributed by atoms with Crippen LogP contribution >= 0.6 is 0 Å². The summed E-state index contributed by atoms with van der Waals surface area (Å²) >= 11 is 0. The summed E-state index contributed by atoms with van der Waals surface area (Å²) in [5, 5.41) is 0. The van der Waals surface area contributed by atoms with Gasteiger partial charge in [-0.25, -0.2) is 0 Å². The Balaban J connectivity index is 2.52. The average Bonchev–Trinajstić information content (AvgIpc) is 2.17. The van der Waals surface area contributed by atoms with Crippen molar-refractivity contribution in [2.75, 3.05) is 46.9 Å². The van der Waals surface area contributed by atoms with Crippen LogP contribution in [0.4, 0.5) is 0 Å². The van der Waals surface area contributed by atoms with E-state index in [9.17, 15) is 4.79 Å². The highest BCUT2D eigenvalue weighted by Crippen LogP contribution is 2.16. The first-order chi connectivity index (χ1) is 6.97. The number of carbonyl (C=O) groups excluding carboxylic acids is 1. The Morgan fingerprint density at radius 1 is 1.60 bits per heavy atom. The zero-order chi connectivity index (χ0) is 11.5. The third-order valence-electron chi connectivity index (χ3n) is 2.57. The normalized spacial score (nSPS) is 27.1. The van der Waals surface area contributed by atoms with Gasteiger partial charge in [0.1, 0.15) is 0 Å². The van der Waals surface area contributed by atoms with E-state index in [1.54, 1.807) is 0 Å². The molecule has 1 unspecified atom stereocenters. The third kappa shape index (κ3) is 3.44. The standard InChI is InChI=1S/C10H21N3O2/c1-10(7-11)8-13(4-5-15-10)9(14)6-12(2)3/h4-8,11H2,1-3H3. The molecule has 88 valence electrons. The van der Waals surface area contributed by atoms with Crippen LogP contribution in [0.1, 0.15) is 6.92 Å². The molecule has 1 heterocycles. The number of carbonyl (C=O) groups is 1. The second kappa shape index (κ2) is 4.92. The van der Waals surface area contributed by atoms with Crippen molar-refractivity contribution in [3.8, 4) is 0 Å². The summed E-state index contributed by atoms with van der Waals surface area (Å²) in [4.78, 5) is 15.5. The molecule has 2 N–H and O–H groups in total. The van der Waals surface area contributed by atoms with Crippen LogP contribution < -0.4 is 5.73 Å². The smallest absolute Gasteiger partial charge is 0.236 e. The molecule has 1 fully saturated rings. The molecule has 1 amide bonds. The largest absolute Gasteiger partial charge is 0.370 e. The predicted octanol–water partition coefficient (Wildman–Crippen LogP) is -0.876. The van der Waals surface area contributed by atoms with Gasteiger partial charge in [0, 0.05) is 13.1 Å². The molecule has 1 saturated heterocycles. The van der Waals surface area contributed by atoms with Crippen LogP contribution in [0.5, 0.6) is 0 Å². The van der Waals surface area contributed by atoms with Crippen LogP contribution in [-0.4, -0.2) is 68.2 Å². The number of nitrogens with two attached hydrogens (primary N) is 1. The highest BCUT2D eigenvalue weighted by molar-refractivity contribution is 5.78. The van der Waals surface area contributed by atoms with Gasteiger partial charge in [0.15, 0.2) is 0 Å². The second-order valence-corrected chi connectivity index (χ2v) is 4.56. The van der Waals surface area contributed by atoms with Crippen molar-refractivity contribution in [1.29, 1.82) is 0 Å². The Morgan fingerprint density at radius 2 is 2.27 bits per heavy atom. The maximum absolute atomic E-state index is 11.8. The van der Waals surface area contributed by atoms with Crippen LogP contribution in [0.25, 0.3) is 0 Å². The van der Waals surface area contributed by atoms with Crippen molar-refractivity contribution in [3.63, 3.8) is 0 Å². The molecule has 0 aliphatic carbocycles. The summed E-state index contributed by atoms with van der Waals surface area (Å²) in [5.74, 6) is 0.142. The highest BCUT2D eigenvalue weighted by Gasteiger charge is 2.32. The fourth-order valence-electron chi connectivity index (χ4n) is 1.64. The van der Waals surface area contributed by atoms with Crippen molar-refractivity contribution < 1.29 is 9.53 Å². The first kappa shape index (κ1) is 12.4. The van der Waals surface area contributed by atoms with Gasteiger partial charge < -0.3 is 20.3 Å². The first-order valence-corrected chi connectivity index (χ1v) is 5.23. The lowest BCUT2D eigenvalue weighted by atomic mass is 10.0. The minimum Gasteiger partial charge on any atom is -0.370 e. The van der Waals surface area contributed by atoms with Gasteiger partial charge in [-0.1, -0.05) is 0 Å². The molecule has 1 aliphatic rings. The molecule has 0 aromatic rings. The van der Waals surface area contributed by atoms with Gasteiger partial charge in [-0.2, -0.15) is 0 Å². The van der Waals surface area contributed by atoms with Gasteiger partial charge in [0.05, 0.1) is 25.3 Å². The topological polar surface area (TPSA) is 58.8 Å². The van der Waals surface area contributed by atoms with Gasteiger partial charge in [-0.3, -0.25) is 4.79 Å². The number of likely N-dealkylation sites (N-methyl/N-ethyl adjacent to an activating group) is 1. The highest BCUT2D eigenvalue weighted by atomic mass is 16.5. The van der Waals surface area contributed by atoms with E-state index in [1.165, 1.54) is 0 Å². The molecule has 5 heteroatoms. The summed E-state index contributed by atoms with van der Waals surface area (Å²) < 4.78 is 5.57. The minimum absolute atomic E-state index is 0.142. The number of amides is 1. The molecule has 0 aromatic carbocycles. The number of hydrogen-bond acceptors (Lipinski definition) is 4. The van der Waals surface area contributed by atoms with Gasteiger partial charge in [-0.05, 0) is 21.0 Å². The Hall–Kier alpha value is -0.650. The van der Waals surface area contributed by atoms with E-state index in [1.807, 2.05) is 30.8 Å². The summed E-state index contributed by atoms with van der Waals surface area (Å²) in [5.41, 5.74) is 5.25. The fraction of sp³-hybridized carbons (Fsp3) is 0.900. The van der Waals surface area contributed by atoms with Gasteiger partial charge in [0.25, 0.3) is 0 Å². The van der Waals surface area contributed by atoms with E-state index in [0.29, 0.717) is 32.8 Å². The number of nitrogens with zero attached hydrogens (tertiary/aromatic N) is 2. The third-order valence-corrected chi connectivity index (χ3v) is 2.57. The van der Waals surface area contributed by atoms with Gasteiger partial charge in [0.2, 0.25) is 5.91 Å². The first-order valence-electron chi connectivity index (χ1n) is 5.23. The molecule has 0 saturated carbocycles. The van der Waals surface area contributed by atoms with Crippen LogP contribution in [0, 0.1) is 0 Å². The SMILES string of the molecule is CN(C)CC(=O)N1CCOC(C)(CN)C1. The summed E-state index contributed by atoms with van der Waals surface area (Å²) in [6.07, 6.45) is 0.